The number of hydrogen-bond donors (Lipinski definition) is 1. The minimum absolute atomic E-state index is 0.248. The average Bonchev–Trinajstić information content (AvgIpc) is 3.18. The van der Waals surface area contributed by atoms with Gasteiger partial charge >= 0.3 is 0 Å². The van der Waals surface area contributed by atoms with Crippen LogP contribution < -0.4 is 14.8 Å². The SMILES string of the molecule is COc1ccc(CCNC(=O)c2cnc(SC)n2-c2ccc(F)cc2)cc1OC. The zero-order valence-electron chi connectivity index (χ0n) is 16.4. The lowest BCUT2D eigenvalue weighted by Gasteiger charge is -2.12. The third kappa shape index (κ3) is 4.71. The first-order valence-corrected chi connectivity index (χ1v) is 10.2. The molecule has 1 aromatic heterocycles. The van der Waals surface area contributed by atoms with Gasteiger partial charge in [0.1, 0.15) is 11.5 Å². The number of rotatable bonds is 8. The first-order valence-electron chi connectivity index (χ1n) is 8.94. The molecule has 6 nitrogen and oxygen atoms in total. The molecule has 8 heteroatoms. The summed E-state index contributed by atoms with van der Waals surface area (Å²) in [4.78, 5) is 17.1. The molecule has 0 aliphatic heterocycles. The van der Waals surface area contributed by atoms with E-state index in [2.05, 4.69) is 10.3 Å². The highest BCUT2D eigenvalue weighted by Gasteiger charge is 2.17. The van der Waals surface area contributed by atoms with Crippen molar-refractivity contribution in [3.05, 3.63) is 65.7 Å². The van der Waals surface area contributed by atoms with E-state index >= 15 is 0 Å². The van der Waals surface area contributed by atoms with Gasteiger partial charge in [-0.1, -0.05) is 17.8 Å². The highest BCUT2D eigenvalue weighted by molar-refractivity contribution is 7.98. The van der Waals surface area contributed by atoms with Crippen LogP contribution in [0.1, 0.15) is 16.1 Å². The molecule has 0 saturated carbocycles. The third-order valence-electron chi connectivity index (χ3n) is 4.38. The van der Waals surface area contributed by atoms with Gasteiger partial charge in [-0.25, -0.2) is 9.37 Å². The Morgan fingerprint density at radius 2 is 1.86 bits per heavy atom. The standard InChI is InChI=1S/C21H22FN3O3S/c1-27-18-9-4-14(12-19(18)28-2)10-11-23-20(26)17-13-24-21(29-3)25(17)16-7-5-15(22)6-8-16/h4-9,12-13H,10-11H2,1-3H3,(H,23,26). The molecular formula is C21H22FN3O3S. The number of aromatic nitrogens is 2. The second-order valence-corrected chi connectivity index (χ2v) is 6.91. The molecular weight excluding hydrogens is 393 g/mol. The smallest absolute Gasteiger partial charge is 0.269 e. The number of thioether (sulfide) groups is 1. The van der Waals surface area contributed by atoms with Crippen LogP contribution in [0.2, 0.25) is 0 Å². The summed E-state index contributed by atoms with van der Waals surface area (Å²) >= 11 is 1.41. The summed E-state index contributed by atoms with van der Waals surface area (Å²) in [5.74, 6) is 0.728. The van der Waals surface area contributed by atoms with E-state index in [0.717, 1.165) is 5.56 Å². The molecule has 0 bridgehead atoms. The van der Waals surface area contributed by atoms with E-state index in [1.165, 1.54) is 30.1 Å². The number of hydrogen-bond acceptors (Lipinski definition) is 5. The van der Waals surface area contributed by atoms with Crippen LogP contribution in [0.15, 0.2) is 53.8 Å². The van der Waals surface area contributed by atoms with Crippen LogP contribution in [0.4, 0.5) is 4.39 Å². The molecule has 0 unspecified atom stereocenters. The maximum absolute atomic E-state index is 13.3. The van der Waals surface area contributed by atoms with E-state index < -0.39 is 0 Å². The van der Waals surface area contributed by atoms with Crippen molar-refractivity contribution in [3.63, 3.8) is 0 Å². The van der Waals surface area contributed by atoms with Crippen molar-refractivity contribution in [2.24, 2.45) is 0 Å². The zero-order valence-corrected chi connectivity index (χ0v) is 17.3. The molecule has 152 valence electrons. The number of nitrogens with one attached hydrogen (secondary N) is 1. The van der Waals surface area contributed by atoms with Crippen LogP contribution in [0, 0.1) is 5.82 Å². The van der Waals surface area contributed by atoms with Gasteiger partial charge in [-0.2, -0.15) is 0 Å². The summed E-state index contributed by atoms with van der Waals surface area (Å²) in [6.07, 6.45) is 4.04. The largest absolute Gasteiger partial charge is 0.493 e. The van der Waals surface area contributed by atoms with Crippen LogP contribution in [0.3, 0.4) is 0 Å². The Morgan fingerprint density at radius 3 is 2.52 bits per heavy atom. The van der Waals surface area contributed by atoms with Gasteiger partial charge in [-0.05, 0) is 54.6 Å². The Kier molecular flexibility index (Phi) is 6.77. The number of ether oxygens (including phenoxy) is 2. The first-order chi connectivity index (χ1) is 14.1. The highest BCUT2D eigenvalue weighted by atomic mass is 32.2. The molecule has 0 saturated heterocycles. The van der Waals surface area contributed by atoms with E-state index in [9.17, 15) is 9.18 Å². The van der Waals surface area contributed by atoms with E-state index in [0.29, 0.717) is 41.0 Å². The Bertz CT molecular complexity index is 989. The van der Waals surface area contributed by atoms with Crippen molar-refractivity contribution in [2.45, 2.75) is 11.6 Å². The van der Waals surface area contributed by atoms with Gasteiger partial charge in [-0.3, -0.25) is 9.36 Å². The van der Waals surface area contributed by atoms with E-state index in [4.69, 9.17) is 9.47 Å². The number of carbonyl (C=O) groups is 1. The van der Waals surface area contributed by atoms with Gasteiger partial charge in [-0.15, -0.1) is 0 Å². The first kappa shape index (κ1) is 20.7. The fourth-order valence-corrected chi connectivity index (χ4v) is 3.47. The molecule has 3 aromatic rings. The maximum atomic E-state index is 13.3. The fraction of sp³-hybridized carbons (Fsp3) is 0.238. The summed E-state index contributed by atoms with van der Waals surface area (Å²) in [7, 11) is 3.17. The second-order valence-electron chi connectivity index (χ2n) is 6.14. The predicted molar refractivity (Wildman–Crippen MR) is 111 cm³/mol. The van der Waals surface area contributed by atoms with E-state index in [1.807, 2.05) is 24.5 Å². The van der Waals surface area contributed by atoms with Gasteiger partial charge in [0.25, 0.3) is 5.91 Å². The monoisotopic (exact) mass is 415 g/mol. The molecule has 0 radical (unpaired) electrons. The zero-order chi connectivity index (χ0) is 20.8. The van der Waals surface area contributed by atoms with Gasteiger partial charge < -0.3 is 14.8 Å². The molecule has 0 atom stereocenters. The average molecular weight is 415 g/mol. The van der Waals surface area contributed by atoms with E-state index in [1.54, 1.807) is 30.9 Å². The molecule has 0 spiro atoms. The van der Waals surface area contributed by atoms with Crippen molar-refractivity contribution in [2.75, 3.05) is 27.0 Å². The fourth-order valence-electron chi connectivity index (χ4n) is 2.93. The van der Waals surface area contributed by atoms with Gasteiger partial charge in [0.05, 0.1) is 20.4 Å². The topological polar surface area (TPSA) is 65.4 Å². The molecule has 3 rings (SSSR count). The van der Waals surface area contributed by atoms with E-state index in [-0.39, 0.29) is 11.7 Å². The highest BCUT2D eigenvalue weighted by Crippen LogP contribution is 2.27. The molecule has 1 heterocycles. The number of halogens is 1. The van der Waals surface area contributed by atoms with Crippen LogP contribution in [-0.4, -0.2) is 42.5 Å². The van der Waals surface area contributed by atoms with Crippen molar-refractivity contribution in [3.8, 4) is 17.2 Å². The lowest BCUT2D eigenvalue weighted by Crippen LogP contribution is -2.27. The van der Waals surface area contributed by atoms with Gasteiger partial charge in [0, 0.05) is 12.2 Å². The summed E-state index contributed by atoms with van der Waals surface area (Å²) in [5.41, 5.74) is 2.09. The molecule has 0 aliphatic carbocycles. The third-order valence-corrected chi connectivity index (χ3v) is 5.03. The molecule has 0 fully saturated rings. The van der Waals surface area contributed by atoms with Crippen molar-refractivity contribution >= 4 is 17.7 Å². The lowest BCUT2D eigenvalue weighted by molar-refractivity contribution is 0.0946. The summed E-state index contributed by atoms with van der Waals surface area (Å²) in [6, 6.07) is 11.6. The molecule has 1 amide bonds. The molecule has 2 aromatic carbocycles. The van der Waals surface area contributed by atoms with Crippen molar-refractivity contribution in [1.29, 1.82) is 0 Å². The summed E-state index contributed by atoms with van der Waals surface area (Å²) in [6.45, 7) is 0.442. The minimum atomic E-state index is -0.333. The van der Waals surface area contributed by atoms with Crippen molar-refractivity contribution in [1.82, 2.24) is 14.9 Å². The quantitative estimate of drug-likeness (QED) is 0.568. The normalized spacial score (nSPS) is 10.6. The molecule has 1 N–H and O–H groups in total. The molecule has 29 heavy (non-hydrogen) atoms. The van der Waals surface area contributed by atoms with Crippen LogP contribution >= 0.6 is 11.8 Å². The van der Waals surface area contributed by atoms with Crippen LogP contribution in [-0.2, 0) is 6.42 Å². The number of carbonyl (C=O) groups excluding carboxylic acids is 1. The van der Waals surface area contributed by atoms with Crippen LogP contribution in [0.5, 0.6) is 11.5 Å². The number of benzene rings is 2. The lowest BCUT2D eigenvalue weighted by atomic mass is 10.1. The maximum Gasteiger partial charge on any atom is 0.269 e. The summed E-state index contributed by atoms with van der Waals surface area (Å²) < 4.78 is 25.5. The van der Waals surface area contributed by atoms with Crippen LogP contribution in [0.25, 0.3) is 5.69 Å². The number of imidazole rings is 1. The Balaban J connectivity index is 1.72. The molecule has 0 aliphatic rings. The van der Waals surface area contributed by atoms with Crippen molar-refractivity contribution < 1.29 is 18.7 Å². The summed E-state index contributed by atoms with van der Waals surface area (Å²) in [5, 5.41) is 3.57. The Hall–Kier alpha value is -3.00. The van der Waals surface area contributed by atoms with Gasteiger partial charge in [0.15, 0.2) is 16.7 Å². The Morgan fingerprint density at radius 1 is 1.14 bits per heavy atom. The van der Waals surface area contributed by atoms with Gasteiger partial charge in [0.2, 0.25) is 0 Å². The second kappa shape index (κ2) is 9.47. The number of nitrogens with zero attached hydrogens (tertiary/aromatic N) is 2. The Labute approximate surface area is 173 Å². The minimum Gasteiger partial charge on any atom is -0.493 e. The number of methoxy groups -OCH3 is 2. The number of amides is 1. The predicted octanol–water partition coefficient (Wildman–Crippen LogP) is 3.72.